The summed E-state index contributed by atoms with van der Waals surface area (Å²) in [5, 5.41) is 34.7. The lowest BCUT2D eigenvalue weighted by molar-refractivity contribution is -0.166. The zero-order valence-electron chi connectivity index (χ0n) is 59.9. The SMILES string of the molecule is CC(C)C[C@@H]1NC(=O)[C@@H](CC(C)C)N(C)C(=O)[C@@H](C(C)C)OC(=O)[C@H](C)NC(=O)[C@H](CC(C)C)N(C)C(=O)[C@H](CC(C)C)NC(=O)[C@H](CC(C)C)N(C)C(=O)CN(C)C(=O)[C@H]([C@@H](C)O)NC(=O)[C@H]([C@H](O)[C@H](C)CCN2CCOCC2)N(C)C(=O)[C@H](C(C)C)N(C)C1=O. The number of amides is 10. The largest absolute Gasteiger partial charge is 0.450 e. The second-order valence-electron chi connectivity index (χ2n) is 28.7. The van der Waals surface area contributed by atoms with Crippen molar-refractivity contribution in [3.63, 3.8) is 0 Å². The van der Waals surface area contributed by atoms with E-state index in [1.807, 2.05) is 69.2 Å². The number of aliphatic hydroxyl groups is 2. The van der Waals surface area contributed by atoms with Gasteiger partial charge in [-0.15, -0.1) is 0 Å². The van der Waals surface area contributed by atoms with Crippen LogP contribution in [0.1, 0.15) is 156 Å². The molecule has 26 heteroatoms. The molecule has 92 heavy (non-hydrogen) atoms. The molecule has 6 N–H and O–H groups in total. The number of nitrogens with one attached hydrogen (secondary N) is 4. The third-order valence-electron chi connectivity index (χ3n) is 17.3. The summed E-state index contributed by atoms with van der Waals surface area (Å²) in [6.07, 6.45) is -3.80. The lowest BCUT2D eigenvalue weighted by atomic mass is 9.91. The normalized spacial score (nSPS) is 27.2. The molecule has 2 aliphatic heterocycles. The van der Waals surface area contributed by atoms with Gasteiger partial charge >= 0.3 is 5.97 Å². The molecule has 10 amide bonds. The van der Waals surface area contributed by atoms with Gasteiger partial charge in [0, 0.05) is 55.4 Å². The van der Waals surface area contributed by atoms with E-state index in [1.54, 1.807) is 34.6 Å². The lowest BCUT2D eigenvalue weighted by Crippen LogP contribution is -2.64. The van der Waals surface area contributed by atoms with Gasteiger partial charge in [-0.05, 0) is 106 Å². The smallest absolute Gasteiger partial charge is 0.329 e. The fourth-order valence-corrected chi connectivity index (χ4v) is 11.7. The number of cyclic esters (lactones) is 1. The highest BCUT2D eigenvalue weighted by Crippen LogP contribution is 2.25. The Bertz CT molecular complexity index is 2470. The number of carbonyl (C=O) groups is 11. The Morgan fingerprint density at radius 3 is 1.30 bits per heavy atom. The van der Waals surface area contributed by atoms with Gasteiger partial charge in [0.15, 0.2) is 6.10 Å². The van der Waals surface area contributed by atoms with Crippen molar-refractivity contribution in [2.75, 3.05) is 81.7 Å². The Balaban J connectivity index is 3.02. The van der Waals surface area contributed by atoms with Crippen molar-refractivity contribution in [2.24, 2.45) is 47.3 Å². The number of ether oxygens (including phenoxy) is 2. The molecule has 0 spiro atoms. The van der Waals surface area contributed by atoms with Crippen molar-refractivity contribution in [3.05, 3.63) is 0 Å². The highest BCUT2D eigenvalue weighted by atomic mass is 16.6. The number of aliphatic hydroxyl groups excluding tert-OH is 2. The molecule has 0 unspecified atom stereocenters. The molecule has 2 fully saturated rings. The van der Waals surface area contributed by atoms with Crippen molar-refractivity contribution < 1.29 is 72.4 Å². The molecule has 13 atom stereocenters. The average molecular weight is 1310 g/mol. The Morgan fingerprint density at radius 2 is 0.880 bits per heavy atom. The fraction of sp³-hybridized carbons (Fsp3) is 0.833. The molecule has 0 radical (unpaired) electrons. The van der Waals surface area contributed by atoms with E-state index in [-0.39, 0.29) is 61.7 Å². The van der Waals surface area contributed by atoms with Gasteiger partial charge in [0.1, 0.15) is 54.4 Å². The molecule has 0 aromatic rings. The van der Waals surface area contributed by atoms with Gasteiger partial charge in [-0.3, -0.25) is 52.8 Å². The first-order chi connectivity index (χ1) is 42.6. The monoisotopic (exact) mass is 1310 g/mol. The molecule has 0 aromatic heterocycles. The Kier molecular flexibility index (Phi) is 33.7. The van der Waals surface area contributed by atoms with Gasteiger partial charge in [-0.2, -0.15) is 0 Å². The van der Waals surface area contributed by atoms with Crippen molar-refractivity contribution in [1.82, 2.24) is 55.6 Å². The van der Waals surface area contributed by atoms with Crippen LogP contribution in [0, 0.1) is 47.3 Å². The second kappa shape index (κ2) is 37.8. The maximum Gasteiger partial charge on any atom is 0.329 e. The molecule has 0 aromatic carbocycles. The molecule has 0 bridgehead atoms. The maximum atomic E-state index is 15.3. The minimum Gasteiger partial charge on any atom is -0.450 e. The van der Waals surface area contributed by atoms with Crippen molar-refractivity contribution in [3.8, 4) is 0 Å². The molecule has 528 valence electrons. The highest BCUT2D eigenvalue weighted by molar-refractivity contribution is 5.99. The predicted octanol–water partition coefficient (Wildman–Crippen LogP) is 2.11. The van der Waals surface area contributed by atoms with Gasteiger partial charge < -0.3 is 70.4 Å². The summed E-state index contributed by atoms with van der Waals surface area (Å²) < 4.78 is 11.4. The Labute approximate surface area is 549 Å². The molecule has 2 heterocycles. The molecule has 26 nitrogen and oxygen atoms in total. The second-order valence-corrected chi connectivity index (χ2v) is 28.7. The van der Waals surface area contributed by atoms with Crippen LogP contribution < -0.4 is 21.3 Å². The zero-order valence-corrected chi connectivity index (χ0v) is 59.9. The summed E-state index contributed by atoms with van der Waals surface area (Å²) in [5.41, 5.74) is 0. The van der Waals surface area contributed by atoms with E-state index >= 15 is 14.4 Å². The third kappa shape index (κ3) is 24.1. The topological polar surface area (TPSA) is 317 Å². The molecule has 0 aliphatic carbocycles. The van der Waals surface area contributed by atoms with Crippen molar-refractivity contribution in [1.29, 1.82) is 0 Å². The van der Waals surface area contributed by atoms with Crippen LogP contribution in [-0.2, 0) is 62.2 Å². The van der Waals surface area contributed by atoms with E-state index in [1.165, 1.54) is 70.8 Å². The van der Waals surface area contributed by atoms with Crippen LogP contribution in [0.5, 0.6) is 0 Å². The first-order valence-electron chi connectivity index (χ1n) is 33.2. The van der Waals surface area contributed by atoms with Gasteiger partial charge in [0.2, 0.25) is 53.2 Å². The molecule has 2 aliphatic rings. The summed E-state index contributed by atoms with van der Waals surface area (Å²) in [6, 6.07) is -12.3. The number of carbonyl (C=O) groups excluding carboxylic acids is 11. The standard InChI is InChI=1S/C66H119N11O15/c1-36(2)30-46-61(85)73(20)49(33-39(7)8)57(81)67-44(16)66(90)92-56(42(13)14)65(89)74(21)50(34-40(9)10)59(83)69-47(31-37(3)4)62(86)75(22)53(41(11)12)64(88)76(23)54(55(80)43(15)24-25-77-26-28-91-29-27-77)60(84)70-52(45(17)78)63(87)71(18)35-51(79)72(19)48(32-38(5)6)58(82)68-46/h36-50,52-56,78,80H,24-35H2,1-23H3,(H,67,81)(H,68,82)(H,69,83)(H,70,84)/t43-,44+,45-,46+,47+,48+,49+,50-,52+,53+,54+,55-,56-/m1/s1. The van der Waals surface area contributed by atoms with Crippen molar-refractivity contribution in [2.45, 2.75) is 229 Å². The Morgan fingerprint density at radius 1 is 0.467 bits per heavy atom. The lowest BCUT2D eigenvalue weighted by Gasteiger charge is -2.40. The van der Waals surface area contributed by atoms with Crippen LogP contribution in [0.2, 0.25) is 0 Å². The van der Waals surface area contributed by atoms with Crippen LogP contribution in [0.25, 0.3) is 0 Å². The van der Waals surface area contributed by atoms with Gasteiger partial charge in [-0.25, -0.2) is 4.79 Å². The maximum absolute atomic E-state index is 15.3. The van der Waals surface area contributed by atoms with Crippen molar-refractivity contribution >= 4 is 65.0 Å². The minimum atomic E-state index is -1.76. The quantitative estimate of drug-likeness (QED) is 0.107. The van der Waals surface area contributed by atoms with Gasteiger partial charge in [0.05, 0.1) is 32.0 Å². The molecular formula is C66H119N11O15. The fourth-order valence-electron chi connectivity index (χ4n) is 11.7. The number of likely N-dealkylation sites (N-methyl/N-ethyl adjacent to an activating group) is 6. The average Bonchev–Trinajstić information content (AvgIpc) is 0.884. The van der Waals surface area contributed by atoms with Crippen LogP contribution in [0.3, 0.4) is 0 Å². The summed E-state index contributed by atoms with van der Waals surface area (Å²) >= 11 is 0. The van der Waals surface area contributed by atoms with E-state index in [0.29, 0.717) is 39.3 Å². The predicted molar refractivity (Wildman–Crippen MR) is 349 cm³/mol. The molecule has 0 saturated carbocycles. The van der Waals surface area contributed by atoms with Crippen LogP contribution in [-0.4, -0.2) is 264 Å². The number of esters is 1. The van der Waals surface area contributed by atoms with Crippen LogP contribution in [0.4, 0.5) is 0 Å². The van der Waals surface area contributed by atoms with Crippen LogP contribution >= 0.6 is 0 Å². The number of hydrogen-bond donors (Lipinski definition) is 6. The highest BCUT2D eigenvalue weighted by Gasteiger charge is 2.46. The summed E-state index contributed by atoms with van der Waals surface area (Å²) in [6.45, 7) is 31.6. The van der Waals surface area contributed by atoms with Crippen LogP contribution in [0.15, 0.2) is 0 Å². The first kappa shape index (κ1) is 82.1. The number of hydrogen-bond acceptors (Lipinski definition) is 16. The number of nitrogens with zero attached hydrogens (tertiary/aromatic N) is 7. The number of rotatable bonds is 18. The Hall–Kier alpha value is -5.99. The van der Waals surface area contributed by atoms with E-state index in [2.05, 4.69) is 26.2 Å². The van der Waals surface area contributed by atoms with Gasteiger partial charge in [0.25, 0.3) is 5.91 Å². The van der Waals surface area contributed by atoms with E-state index in [4.69, 9.17) is 9.47 Å². The summed E-state index contributed by atoms with van der Waals surface area (Å²) in [7, 11) is 8.17. The third-order valence-corrected chi connectivity index (χ3v) is 17.3. The molecule has 2 saturated heterocycles. The summed E-state index contributed by atoms with van der Waals surface area (Å²) in [5.74, 6) is -11.5. The number of morpholine rings is 1. The van der Waals surface area contributed by atoms with E-state index in [9.17, 15) is 48.6 Å². The minimum absolute atomic E-state index is 0.0786. The summed E-state index contributed by atoms with van der Waals surface area (Å²) in [4.78, 5) is 171. The van der Waals surface area contributed by atoms with E-state index < -0.39 is 162 Å². The molecular weight excluding hydrogens is 1190 g/mol. The van der Waals surface area contributed by atoms with Gasteiger partial charge in [-0.1, -0.05) is 104 Å². The first-order valence-corrected chi connectivity index (χ1v) is 33.2. The molecule has 2 rings (SSSR count). The van der Waals surface area contributed by atoms with E-state index in [0.717, 1.165) is 14.7 Å². The zero-order chi connectivity index (χ0) is 70.7.